The predicted molar refractivity (Wildman–Crippen MR) is 65.5 cm³/mol. The summed E-state index contributed by atoms with van der Waals surface area (Å²) in [5, 5.41) is 9.13. The Bertz CT molecular complexity index is 504. The van der Waals surface area contributed by atoms with Crippen LogP contribution in [0.3, 0.4) is 0 Å². The average Bonchev–Trinajstić information content (AvgIpc) is 2.27. The molecule has 0 radical (unpaired) electrons. The Balaban J connectivity index is 2.74. The summed E-state index contributed by atoms with van der Waals surface area (Å²) in [6, 6.07) is 4.19. The van der Waals surface area contributed by atoms with Crippen LogP contribution in [-0.4, -0.2) is 15.2 Å². The van der Waals surface area contributed by atoms with Crippen LogP contribution in [0.4, 0.5) is 0 Å². The summed E-state index contributed by atoms with van der Waals surface area (Å²) in [6.45, 7) is 8.68. The molecule has 0 spiro atoms. The number of hydrogen-bond donors (Lipinski definition) is 0. The molecule has 2 aromatic heterocycles. The fraction of sp³-hybridized carbons (Fsp3) is 0.462. The average molecular weight is 215 g/mol. The van der Waals surface area contributed by atoms with E-state index in [0.29, 0.717) is 11.8 Å². The van der Waals surface area contributed by atoms with Gasteiger partial charge in [0.1, 0.15) is 0 Å². The van der Waals surface area contributed by atoms with Crippen molar-refractivity contribution in [3.05, 3.63) is 29.6 Å². The maximum Gasteiger partial charge on any atom is 0.182 e. The van der Waals surface area contributed by atoms with E-state index in [2.05, 4.69) is 48.9 Å². The maximum atomic E-state index is 4.54. The van der Waals surface area contributed by atoms with Crippen molar-refractivity contribution in [3.8, 4) is 0 Å². The van der Waals surface area contributed by atoms with E-state index < -0.39 is 0 Å². The topological polar surface area (TPSA) is 38.7 Å². The van der Waals surface area contributed by atoms with Gasteiger partial charge in [0.15, 0.2) is 5.65 Å². The lowest BCUT2D eigenvalue weighted by molar-refractivity contribution is 0.806. The highest BCUT2D eigenvalue weighted by Crippen LogP contribution is 2.26. The molecule has 84 valence electrons. The smallest absolute Gasteiger partial charge is 0.182 e. The van der Waals surface area contributed by atoms with Gasteiger partial charge in [-0.2, -0.15) is 5.10 Å². The highest BCUT2D eigenvalue weighted by molar-refractivity contribution is 5.78. The lowest BCUT2D eigenvalue weighted by Gasteiger charge is -2.12. The Morgan fingerprint density at radius 3 is 2.44 bits per heavy atom. The van der Waals surface area contributed by atoms with Gasteiger partial charge in [-0.05, 0) is 29.5 Å². The lowest BCUT2D eigenvalue weighted by atomic mass is 9.97. The number of rotatable bonds is 2. The van der Waals surface area contributed by atoms with Crippen LogP contribution in [0.15, 0.2) is 18.3 Å². The van der Waals surface area contributed by atoms with Crippen molar-refractivity contribution < 1.29 is 0 Å². The molecule has 0 saturated carbocycles. The van der Waals surface area contributed by atoms with Gasteiger partial charge in [-0.15, -0.1) is 5.10 Å². The molecule has 3 nitrogen and oxygen atoms in total. The molecule has 0 aromatic carbocycles. The van der Waals surface area contributed by atoms with E-state index >= 15 is 0 Å². The molecule has 0 fully saturated rings. The SMILES string of the molecule is CC(C)c1cc(C(C)C)c2ccnnc2n1. The monoisotopic (exact) mass is 215 g/mol. The van der Waals surface area contributed by atoms with E-state index in [0.717, 1.165) is 16.7 Å². The van der Waals surface area contributed by atoms with Crippen molar-refractivity contribution in [3.63, 3.8) is 0 Å². The van der Waals surface area contributed by atoms with Crippen molar-refractivity contribution in [2.24, 2.45) is 0 Å². The van der Waals surface area contributed by atoms with Gasteiger partial charge < -0.3 is 0 Å². The van der Waals surface area contributed by atoms with Crippen molar-refractivity contribution in [2.75, 3.05) is 0 Å². The van der Waals surface area contributed by atoms with Gasteiger partial charge in [0.05, 0.1) is 6.20 Å². The Labute approximate surface area is 95.9 Å². The fourth-order valence-electron chi connectivity index (χ4n) is 1.80. The number of fused-ring (bicyclic) bond motifs is 1. The third-order valence-corrected chi connectivity index (χ3v) is 2.76. The minimum atomic E-state index is 0.420. The minimum absolute atomic E-state index is 0.420. The third-order valence-electron chi connectivity index (χ3n) is 2.76. The van der Waals surface area contributed by atoms with Crippen LogP contribution < -0.4 is 0 Å². The molecule has 0 bridgehead atoms. The van der Waals surface area contributed by atoms with Crippen LogP contribution in [0.5, 0.6) is 0 Å². The molecule has 0 aliphatic heterocycles. The van der Waals surface area contributed by atoms with Crippen LogP contribution in [0, 0.1) is 0 Å². The number of pyridine rings is 1. The van der Waals surface area contributed by atoms with Gasteiger partial charge in [-0.1, -0.05) is 27.7 Å². The summed E-state index contributed by atoms with van der Waals surface area (Å²) in [5.41, 5.74) is 3.16. The Morgan fingerprint density at radius 1 is 1.06 bits per heavy atom. The Kier molecular flexibility index (Phi) is 2.86. The first-order valence-corrected chi connectivity index (χ1v) is 5.72. The number of hydrogen-bond acceptors (Lipinski definition) is 3. The lowest BCUT2D eigenvalue weighted by Crippen LogP contribution is -2.00. The van der Waals surface area contributed by atoms with Gasteiger partial charge in [-0.3, -0.25) is 0 Å². The van der Waals surface area contributed by atoms with Crippen LogP contribution in [0.1, 0.15) is 50.8 Å². The molecule has 0 saturated heterocycles. The van der Waals surface area contributed by atoms with Gasteiger partial charge in [0, 0.05) is 11.1 Å². The summed E-state index contributed by atoms with van der Waals surface area (Å²) in [5.74, 6) is 0.899. The zero-order valence-corrected chi connectivity index (χ0v) is 10.2. The van der Waals surface area contributed by atoms with Crippen molar-refractivity contribution in [1.82, 2.24) is 15.2 Å². The van der Waals surface area contributed by atoms with E-state index in [9.17, 15) is 0 Å². The first-order valence-electron chi connectivity index (χ1n) is 5.72. The molecule has 2 rings (SSSR count). The largest absolute Gasteiger partial charge is 0.231 e. The summed E-state index contributed by atoms with van der Waals surface area (Å²) in [4.78, 5) is 4.54. The summed E-state index contributed by atoms with van der Waals surface area (Å²) in [7, 11) is 0. The second-order valence-corrected chi connectivity index (χ2v) is 4.71. The van der Waals surface area contributed by atoms with E-state index in [4.69, 9.17) is 0 Å². The molecule has 0 N–H and O–H groups in total. The Morgan fingerprint density at radius 2 is 1.81 bits per heavy atom. The standard InChI is InChI=1S/C13H17N3/c1-8(2)11-7-12(9(3)4)15-13-10(11)5-6-14-16-13/h5-9H,1-4H3. The van der Waals surface area contributed by atoms with Crippen LogP contribution in [0.25, 0.3) is 11.0 Å². The molecule has 16 heavy (non-hydrogen) atoms. The molecule has 0 aliphatic rings. The summed E-state index contributed by atoms with van der Waals surface area (Å²) < 4.78 is 0. The minimum Gasteiger partial charge on any atom is -0.231 e. The third kappa shape index (κ3) is 1.90. The first kappa shape index (κ1) is 11.0. The molecular weight excluding hydrogens is 198 g/mol. The molecule has 0 unspecified atom stereocenters. The van der Waals surface area contributed by atoms with Crippen LogP contribution >= 0.6 is 0 Å². The van der Waals surface area contributed by atoms with E-state index in [1.807, 2.05) is 6.07 Å². The Hall–Kier alpha value is -1.51. The first-order chi connectivity index (χ1) is 7.59. The normalized spacial score (nSPS) is 11.6. The van der Waals surface area contributed by atoms with Crippen LogP contribution in [-0.2, 0) is 0 Å². The highest BCUT2D eigenvalue weighted by Gasteiger charge is 2.11. The number of nitrogens with zero attached hydrogens (tertiary/aromatic N) is 3. The molecule has 2 heterocycles. The zero-order valence-electron chi connectivity index (χ0n) is 10.2. The zero-order chi connectivity index (χ0) is 11.7. The molecule has 0 atom stereocenters. The second-order valence-electron chi connectivity index (χ2n) is 4.71. The van der Waals surface area contributed by atoms with Gasteiger partial charge in [0.2, 0.25) is 0 Å². The van der Waals surface area contributed by atoms with E-state index in [1.165, 1.54) is 5.56 Å². The van der Waals surface area contributed by atoms with Gasteiger partial charge >= 0.3 is 0 Å². The molecule has 0 amide bonds. The van der Waals surface area contributed by atoms with Crippen molar-refractivity contribution in [1.29, 1.82) is 0 Å². The van der Waals surface area contributed by atoms with Gasteiger partial charge in [-0.25, -0.2) is 4.98 Å². The van der Waals surface area contributed by atoms with Crippen LogP contribution in [0.2, 0.25) is 0 Å². The molecule has 2 aromatic rings. The van der Waals surface area contributed by atoms with Crippen molar-refractivity contribution >= 4 is 11.0 Å². The van der Waals surface area contributed by atoms with Crippen molar-refractivity contribution in [2.45, 2.75) is 39.5 Å². The number of aromatic nitrogens is 3. The quantitative estimate of drug-likeness (QED) is 0.771. The second kappa shape index (κ2) is 4.16. The molecule has 0 aliphatic carbocycles. The van der Waals surface area contributed by atoms with Gasteiger partial charge in [0.25, 0.3) is 0 Å². The van der Waals surface area contributed by atoms with E-state index in [1.54, 1.807) is 6.20 Å². The fourth-order valence-corrected chi connectivity index (χ4v) is 1.80. The summed E-state index contributed by atoms with van der Waals surface area (Å²) >= 11 is 0. The summed E-state index contributed by atoms with van der Waals surface area (Å²) in [6.07, 6.45) is 1.73. The highest BCUT2D eigenvalue weighted by atomic mass is 15.1. The van der Waals surface area contributed by atoms with E-state index in [-0.39, 0.29) is 0 Å². The predicted octanol–water partition coefficient (Wildman–Crippen LogP) is 3.27. The maximum absolute atomic E-state index is 4.54. The molecule has 3 heteroatoms. The molecular formula is C13H17N3.